The molecular weight excluding hydrogens is 817 g/mol. The van der Waals surface area contributed by atoms with E-state index in [0.717, 1.165) is 30.5 Å². The number of nitrogens with one attached hydrogen (secondary N) is 1. The number of piperidine rings is 1. The van der Waals surface area contributed by atoms with Crippen molar-refractivity contribution in [1.82, 2.24) is 15.0 Å². The van der Waals surface area contributed by atoms with Crippen molar-refractivity contribution in [1.29, 1.82) is 0 Å². The fraction of sp³-hybridized carbons (Fsp3) is 0.469. The highest BCUT2D eigenvalue weighted by Gasteiger charge is 2.67. The first-order chi connectivity index (χ1) is 30.0. The third-order valence-electron chi connectivity index (χ3n) is 14.0. The molecule has 2 unspecified atom stereocenters. The summed E-state index contributed by atoms with van der Waals surface area (Å²) in [6.45, 7) is 11.3. The van der Waals surface area contributed by atoms with Gasteiger partial charge in [0.1, 0.15) is 30.3 Å². The van der Waals surface area contributed by atoms with Gasteiger partial charge < -0.3 is 33.6 Å². The Morgan fingerprint density at radius 1 is 1.00 bits per heavy atom. The predicted octanol–water partition coefficient (Wildman–Crippen LogP) is 8.71. The number of aliphatic hydroxyl groups excluding tert-OH is 1. The lowest BCUT2D eigenvalue weighted by molar-refractivity contribution is -0.121. The number of likely N-dealkylation sites (N-methyl/N-ethyl adjacent to an activating group) is 1. The van der Waals surface area contributed by atoms with E-state index < -0.39 is 54.2 Å². The van der Waals surface area contributed by atoms with Crippen LogP contribution in [0.3, 0.4) is 0 Å². The lowest BCUT2D eigenvalue weighted by Crippen LogP contribution is -2.65. The van der Waals surface area contributed by atoms with E-state index in [1.54, 1.807) is 6.07 Å². The van der Waals surface area contributed by atoms with E-state index in [1.807, 2.05) is 105 Å². The smallest absolute Gasteiger partial charge is 0.265 e. The maximum Gasteiger partial charge on any atom is 0.265 e. The molecule has 1 aromatic heterocycles. The maximum absolute atomic E-state index is 15.8. The summed E-state index contributed by atoms with van der Waals surface area (Å²) in [5, 5.41) is 20.3. The molecule has 2 N–H and O–H groups in total. The Morgan fingerprint density at radius 2 is 1.65 bits per heavy atom. The number of methoxy groups -OCH3 is 1. The zero-order valence-corrected chi connectivity index (χ0v) is 38.9. The summed E-state index contributed by atoms with van der Waals surface area (Å²) >= 11 is 0. The average Bonchev–Trinajstić information content (AvgIpc) is 3.67. The van der Waals surface area contributed by atoms with Crippen molar-refractivity contribution in [2.24, 2.45) is 11.8 Å². The first-order valence-electron chi connectivity index (χ1n) is 22.0. The SMILES string of the molecule is COc1cc(NC(=O)C2CCCCN2C)c(OCc2ccccc2)c2c1C[C@H]1C[C@H]3[C@H](N(C)C)c4onc(OCc5ccccc5)c4C(=O)C3(O[Si](C)(C)C(C)(C)C)C(O)=C1C2=O. The van der Waals surface area contributed by atoms with Gasteiger partial charge in [-0.25, -0.2) is 0 Å². The fourth-order valence-electron chi connectivity index (χ4n) is 9.76. The lowest BCUT2D eigenvalue weighted by atomic mass is 9.58. The Hall–Kier alpha value is -5.28. The van der Waals surface area contributed by atoms with Crippen LogP contribution >= 0.6 is 0 Å². The molecule has 0 saturated carbocycles. The predicted molar refractivity (Wildman–Crippen MR) is 241 cm³/mol. The van der Waals surface area contributed by atoms with E-state index >= 15 is 9.59 Å². The molecule has 0 bridgehead atoms. The average molecular weight is 877 g/mol. The van der Waals surface area contributed by atoms with Gasteiger partial charge in [0.25, 0.3) is 5.88 Å². The number of carbonyl (C=O) groups excluding carboxylic acids is 3. The van der Waals surface area contributed by atoms with Gasteiger partial charge in [-0.1, -0.05) is 87.9 Å². The number of fused-ring (bicyclic) bond motifs is 4. The Labute approximate surface area is 370 Å². The number of Topliss-reactive ketones (excluding diaryl/α,β-unsaturated/α-hetero) is 2. The third kappa shape index (κ3) is 7.78. The van der Waals surface area contributed by atoms with Crippen molar-refractivity contribution < 1.29 is 42.6 Å². The van der Waals surface area contributed by atoms with Gasteiger partial charge in [0.15, 0.2) is 31.2 Å². The van der Waals surface area contributed by atoms with Crippen molar-refractivity contribution in [3.8, 4) is 17.4 Å². The van der Waals surface area contributed by atoms with E-state index in [9.17, 15) is 9.90 Å². The number of benzene rings is 3. The minimum absolute atomic E-state index is 0.00655. The van der Waals surface area contributed by atoms with E-state index in [2.05, 4.69) is 31.2 Å². The third-order valence-corrected chi connectivity index (χ3v) is 18.5. The number of hydrogen-bond donors (Lipinski definition) is 2. The molecule has 8 rings (SSSR count). The van der Waals surface area contributed by atoms with Gasteiger partial charge in [-0.15, -0.1) is 0 Å². The maximum atomic E-state index is 15.8. The number of allylic oxidation sites excluding steroid dienone is 1. The highest BCUT2D eigenvalue weighted by atomic mass is 28.4. The molecule has 13 nitrogen and oxygen atoms in total. The number of aliphatic hydroxyl groups is 1. The molecule has 2 heterocycles. The van der Waals surface area contributed by atoms with E-state index in [1.165, 1.54) is 7.11 Å². The van der Waals surface area contributed by atoms with Crippen molar-refractivity contribution in [2.75, 3.05) is 40.1 Å². The molecule has 0 radical (unpaired) electrons. The minimum Gasteiger partial charge on any atom is -0.508 e. The van der Waals surface area contributed by atoms with Gasteiger partial charge in [-0.3, -0.25) is 24.2 Å². The number of amides is 1. The van der Waals surface area contributed by atoms with Crippen LogP contribution in [0.1, 0.15) is 95.7 Å². The number of anilines is 1. The molecule has 1 saturated heterocycles. The summed E-state index contributed by atoms with van der Waals surface area (Å²) in [4.78, 5) is 49.5. The molecule has 3 aliphatic carbocycles. The fourth-order valence-corrected chi connectivity index (χ4v) is 11.2. The number of hydrogen-bond acceptors (Lipinski definition) is 12. The van der Waals surface area contributed by atoms with Gasteiger partial charge >= 0.3 is 0 Å². The summed E-state index contributed by atoms with van der Waals surface area (Å²) in [5.74, 6) is -2.08. The second-order valence-corrected chi connectivity index (χ2v) is 24.0. The van der Waals surface area contributed by atoms with Crippen LogP contribution in [0.25, 0.3) is 0 Å². The number of nitrogens with zero attached hydrogens (tertiary/aromatic N) is 3. The summed E-state index contributed by atoms with van der Waals surface area (Å²) in [7, 11) is 4.31. The van der Waals surface area contributed by atoms with Crippen LogP contribution in [-0.2, 0) is 28.9 Å². The molecule has 3 aromatic carbocycles. The second kappa shape index (κ2) is 17.0. The van der Waals surface area contributed by atoms with Crippen LogP contribution in [-0.4, -0.2) is 92.3 Å². The summed E-state index contributed by atoms with van der Waals surface area (Å²) in [6.07, 6.45) is 3.18. The number of ether oxygens (including phenoxy) is 3. The molecule has 334 valence electrons. The molecule has 5 atom stereocenters. The van der Waals surface area contributed by atoms with Crippen LogP contribution < -0.4 is 19.5 Å². The normalized spacial score (nSPS) is 23.7. The first kappa shape index (κ1) is 44.3. The van der Waals surface area contributed by atoms with E-state index in [-0.39, 0.29) is 72.0 Å². The van der Waals surface area contributed by atoms with Gasteiger partial charge in [-0.05, 0) is 93.7 Å². The number of ketones is 2. The molecule has 1 aliphatic heterocycles. The van der Waals surface area contributed by atoms with Gasteiger partial charge in [0, 0.05) is 23.1 Å². The Morgan fingerprint density at radius 3 is 2.25 bits per heavy atom. The monoisotopic (exact) mass is 876 g/mol. The van der Waals surface area contributed by atoms with Crippen molar-refractivity contribution in [3.05, 3.63) is 112 Å². The molecule has 4 aliphatic rings. The molecule has 1 amide bonds. The first-order valence-corrected chi connectivity index (χ1v) is 24.9. The van der Waals surface area contributed by atoms with Gasteiger partial charge in [0.2, 0.25) is 11.7 Å². The Balaban J connectivity index is 1.31. The molecule has 14 heteroatoms. The van der Waals surface area contributed by atoms with Crippen LogP contribution in [0.2, 0.25) is 18.1 Å². The van der Waals surface area contributed by atoms with Gasteiger partial charge in [0.05, 0.1) is 30.4 Å². The largest absolute Gasteiger partial charge is 0.508 e. The number of rotatable bonds is 12. The standard InChI is InChI=1S/C49H60N4O9Si/c1-48(2,3)63(8,9)62-49-33(40(52(4)5)43-39(45(49)56)47(51-61-43)60-28-30-20-14-11-15-21-30)25-31-24-32-36(58-7)26-34(50-46(57)35-22-16-17-23-53(35)6)42(38(32)41(54)37(31)44(49)55)59-27-29-18-12-10-13-19-29/h10-15,18-21,26,31,33,35,40,55H,16-17,22-25,27-28H2,1-9H3,(H,50,57)/t31-,33-,35?,40-,49?/m0/s1. The van der Waals surface area contributed by atoms with E-state index in [4.69, 9.17) is 23.2 Å². The van der Waals surface area contributed by atoms with Crippen LogP contribution in [0.4, 0.5) is 5.69 Å². The summed E-state index contributed by atoms with van der Waals surface area (Å²) in [6, 6.07) is 19.9. The highest BCUT2D eigenvalue weighted by molar-refractivity contribution is 6.74. The second-order valence-electron chi connectivity index (χ2n) is 19.2. The molecule has 63 heavy (non-hydrogen) atoms. The van der Waals surface area contributed by atoms with Crippen LogP contribution in [0.15, 0.2) is 82.6 Å². The topological polar surface area (TPSA) is 153 Å². The highest BCUT2D eigenvalue weighted by Crippen LogP contribution is 2.60. The lowest BCUT2D eigenvalue weighted by Gasteiger charge is -2.55. The summed E-state index contributed by atoms with van der Waals surface area (Å²) < 4.78 is 32.3. The number of carbonyl (C=O) groups is 3. The Bertz CT molecular complexity index is 2430. The molecule has 4 aromatic rings. The molecule has 0 spiro atoms. The minimum atomic E-state index is -2.96. The van der Waals surface area contributed by atoms with Crippen molar-refractivity contribution >= 4 is 31.5 Å². The van der Waals surface area contributed by atoms with Crippen molar-refractivity contribution in [2.45, 2.75) is 102 Å². The summed E-state index contributed by atoms with van der Waals surface area (Å²) in [5.41, 5.74) is 0.929. The molecule has 1 fully saturated rings. The zero-order chi connectivity index (χ0) is 45.0. The van der Waals surface area contributed by atoms with Crippen LogP contribution in [0.5, 0.6) is 17.4 Å². The quantitative estimate of drug-likeness (QED) is 0.131. The van der Waals surface area contributed by atoms with Crippen molar-refractivity contribution in [3.63, 3.8) is 0 Å². The number of likely N-dealkylation sites (tertiary alicyclic amines) is 1. The van der Waals surface area contributed by atoms with E-state index in [0.29, 0.717) is 23.5 Å². The number of aromatic nitrogens is 1. The molecular formula is C49H60N4O9Si. The zero-order valence-electron chi connectivity index (χ0n) is 37.9. The Kier molecular flexibility index (Phi) is 12.0. The van der Waals surface area contributed by atoms with Gasteiger partial charge in [-0.2, -0.15) is 0 Å². The van der Waals surface area contributed by atoms with Crippen LogP contribution in [0, 0.1) is 11.8 Å².